The van der Waals surface area contributed by atoms with Gasteiger partial charge in [-0.15, -0.1) is 0 Å². The summed E-state index contributed by atoms with van der Waals surface area (Å²) < 4.78 is 0. The van der Waals surface area contributed by atoms with Crippen molar-refractivity contribution in [1.29, 1.82) is 0 Å². The van der Waals surface area contributed by atoms with Gasteiger partial charge in [-0.05, 0) is 30.0 Å². The van der Waals surface area contributed by atoms with Crippen LogP contribution in [0.25, 0.3) is 0 Å². The molecule has 0 aliphatic carbocycles. The topological polar surface area (TPSA) is 69.7 Å². The van der Waals surface area contributed by atoms with Crippen LogP contribution in [0.3, 0.4) is 0 Å². The molecule has 1 aromatic carbocycles. The average molecular weight is 333 g/mol. The summed E-state index contributed by atoms with van der Waals surface area (Å²) in [6, 6.07) is 5.12. The third-order valence-corrected chi connectivity index (χ3v) is 3.94. The van der Waals surface area contributed by atoms with Gasteiger partial charge in [-0.2, -0.15) is 0 Å². The van der Waals surface area contributed by atoms with E-state index in [0.29, 0.717) is 37.3 Å². The third-order valence-electron chi connectivity index (χ3n) is 3.94. The van der Waals surface area contributed by atoms with Gasteiger partial charge in [0.05, 0.1) is 11.4 Å². The minimum atomic E-state index is -0.721. The third kappa shape index (κ3) is 4.57. The second-order valence-electron chi connectivity index (χ2n) is 6.24. The van der Waals surface area contributed by atoms with E-state index in [2.05, 4.69) is 19.2 Å². The Morgan fingerprint density at radius 1 is 1.21 bits per heavy atom. The Bertz CT molecular complexity index is 585. The number of hydrogen-bond donors (Lipinski definition) is 1. The molecule has 3 amide bonds. The molecule has 0 aliphatic heterocycles. The molecule has 1 N–H and O–H groups in total. The molecule has 0 saturated heterocycles. The first-order valence-corrected chi connectivity index (χ1v) is 8.16. The highest BCUT2D eigenvalue weighted by Gasteiger charge is 2.27. The Hall–Kier alpha value is -2.37. The molecule has 0 spiro atoms. The van der Waals surface area contributed by atoms with Crippen molar-refractivity contribution in [2.75, 3.05) is 23.9 Å². The van der Waals surface area contributed by atoms with Crippen molar-refractivity contribution in [1.82, 2.24) is 5.32 Å². The van der Waals surface area contributed by atoms with Crippen molar-refractivity contribution in [3.63, 3.8) is 0 Å². The largest absolute Gasteiger partial charge is 0.376 e. The molecule has 0 aromatic heterocycles. The lowest BCUT2D eigenvalue weighted by Gasteiger charge is -2.30. The van der Waals surface area contributed by atoms with Crippen molar-refractivity contribution >= 4 is 30.1 Å². The Morgan fingerprint density at radius 3 is 2.33 bits per heavy atom. The first-order valence-electron chi connectivity index (χ1n) is 8.16. The fourth-order valence-corrected chi connectivity index (χ4v) is 2.60. The second kappa shape index (κ2) is 9.05. The number of nitrogens with one attached hydrogen (secondary N) is 1. The number of benzene rings is 1. The lowest BCUT2D eigenvalue weighted by Crippen LogP contribution is -2.46. The lowest BCUT2D eigenvalue weighted by atomic mass is 10.0. The summed E-state index contributed by atoms with van der Waals surface area (Å²) in [5.74, 6) is -0.121. The van der Waals surface area contributed by atoms with Crippen LogP contribution in [0, 0.1) is 0 Å². The van der Waals surface area contributed by atoms with E-state index in [0.717, 1.165) is 11.3 Å². The quantitative estimate of drug-likeness (QED) is 0.704. The molecule has 0 bridgehead atoms. The minimum absolute atomic E-state index is 0.350. The maximum atomic E-state index is 12.2. The highest BCUT2D eigenvalue weighted by atomic mass is 16.2. The highest BCUT2D eigenvalue weighted by Crippen LogP contribution is 2.33. The Balaban J connectivity index is 3.37. The van der Waals surface area contributed by atoms with Gasteiger partial charge in [-0.25, -0.2) is 0 Å². The van der Waals surface area contributed by atoms with Gasteiger partial charge in [0.1, 0.15) is 6.04 Å². The van der Waals surface area contributed by atoms with Crippen LogP contribution in [0.15, 0.2) is 18.2 Å². The van der Waals surface area contributed by atoms with Gasteiger partial charge < -0.3 is 9.80 Å². The molecule has 1 unspecified atom stereocenters. The van der Waals surface area contributed by atoms with Gasteiger partial charge in [0.15, 0.2) is 0 Å². The maximum Gasteiger partial charge on any atom is 0.249 e. The van der Waals surface area contributed by atoms with Gasteiger partial charge in [-0.1, -0.05) is 33.3 Å². The molecule has 0 fully saturated rings. The summed E-state index contributed by atoms with van der Waals surface area (Å²) in [5, 5.41) is 2.16. The van der Waals surface area contributed by atoms with Gasteiger partial charge in [0.2, 0.25) is 18.7 Å². The summed E-state index contributed by atoms with van der Waals surface area (Å²) in [5.41, 5.74) is 2.66. The lowest BCUT2D eigenvalue weighted by molar-refractivity contribution is -0.127. The Morgan fingerprint density at radius 2 is 1.88 bits per heavy atom. The molecular weight excluding hydrogens is 306 g/mol. The molecule has 0 heterocycles. The number of carbonyl (C=O) groups excluding carboxylic acids is 3. The van der Waals surface area contributed by atoms with E-state index in [1.54, 1.807) is 0 Å². The molecule has 132 valence electrons. The number of nitrogens with zero attached hydrogens (tertiary/aromatic N) is 2. The first kappa shape index (κ1) is 19.7. The van der Waals surface area contributed by atoms with Crippen molar-refractivity contribution in [2.45, 2.75) is 45.6 Å². The normalized spacial score (nSPS) is 11.8. The van der Waals surface area contributed by atoms with Crippen molar-refractivity contribution < 1.29 is 14.4 Å². The molecule has 1 aromatic rings. The Labute approximate surface area is 143 Å². The SMILES string of the molecule is CCCC(C(=O)NC=O)N(C=O)c1ccc(C(C)C)cc1N(C)C. The molecule has 1 rings (SSSR count). The fraction of sp³-hybridized carbons (Fsp3) is 0.500. The zero-order valence-electron chi connectivity index (χ0n) is 15.1. The van der Waals surface area contributed by atoms with Crippen LogP contribution in [0.2, 0.25) is 0 Å². The van der Waals surface area contributed by atoms with Crippen LogP contribution < -0.4 is 15.1 Å². The average Bonchev–Trinajstić information content (AvgIpc) is 2.54. The summed E-state index contributed by atoms with van der Waals surface area (Å²) in [7, 11) is 3.79. The molecule has 1 atom stereocenters. The number of hydrogen-bond acceptors (Lipinski definition) is 4. The van der Waals surface area contributed by atoms with Crippen LogP contribution in [0.4, 0.5) is 11.4 Å². The smallest absolute Gasteiger partial charge is 0.249 e. The molecular formula is C18H27N3O3. The van der Waals surface area contributed by atoms with Crippen molar-refractivity contribution in [2.24, 2.45) is 0 Å². The number of amides is 3. The molecule has 0 aliphatic rings. The number of imide groups is 1. The number of anilines is 2. The predicted molar refractivity (Wildman–Crippen MR) is 96.3 cm³/mol. The van der Waals surface area contributed by atoms with Gasteiger partial charge in [0, 0.05) is 14.1 Å². The zero-order chi connectivity index (χ0) is 18.3. The number of carbonyl (C=O) groups is 3. The monoisotopic (exact) mass is 333 g/mol. The standard InChI is InChI=1S/C18H27N3O3/c1-6-7-16(18(24)19-11-22)21(12-23)15-9-8-14(13(2)3)10-17(15)20(4)5/h8-13,16H,6-7H2,1-5H3,(H,19,22,24). The van der Waals surface area contributed by atoms with Crippen LogP contribution in [-0.2, 0) is 14.4 Å². The van der Waals surface area contributed by atoms with E-state index in [-0.39, 0.29) is 0 Å². The fourth-order valence-electron chi connectivity index (χ4n) is 2.60. The summed E-state index contributed by atoms with van der Waals surface area (Å²) in [6.45, 7) is 6.13. The summed E-state index contributed by atoms with van der Waals surface area (Å²) in [4.78, 5) is 37.9. The van der Waals surface area contributed by atoms with Crippen LogP contribution in [0.5, 0.6) is 0 Å². The molecule has 0 radical (unpaired) electrons. The van der Waals surface area contributed by atoms with Gasteiger partial charge in [-0.3, -0.25) is 19.7 Å². The van der Waals surface area contributed by atoms with E-state index < -0.39 is 11.9 Å². The predicted octanol–water partition coefficient (Wildman–Crippen LogP) is 2.28. The van der Waals surface area contributed by atoms with Crippen LogP contribution in [0.1, 0.15) is 45.1 Å². The van der Waals surface area contributed by atoms with Crippen molar-refractivity contribution in [3.8, 4) is 0 Å². The van der Waals surface area contributed by atoms with Crippen LogP contribution >= 0.6 is 0 Å². The number of rotatable bonds is 9. The van der Waals surface area contributed by atoms with Crippen LogP contribution in [-0.4, -0.2) is 38.9 Å². The maximum absolute atomic E-state index is 12.2. The van der Waals surface area contributed by atoms with E-state index >= 15 is 0 Å². The molecule has 0 saturated carbocycles. The van der Waals surface area contributed by atoms with E-state index in [1.165, 1.54) is 4.90 Å². The van der Waals surface area contributed by atoms with Crippen molar-refractivity contribution in [3.05, 3.63) is 23.8 Å². The van der Waals surface area contributed by atoms with E-state index in [9.17, 15) is 14.4 Å². The summed E-state index contributed by atoms with van der Waals surface area (Å²) >= 11 is 0. The Kier molecular flexibility index (Phi) is 7.42. The minimum Gasteiger partial charge on any atom is -0.376 e. The van der Waals surface area contributed by atoms with Gasteiger partial charge in [0.25, 0.3) is 0 Å². The van der Waals surface area contributed by atoms with E-state index in [4.69, 9.17) is 0 Å². The molecule has 6 heteroatoms. The second-order valence-corrected chi connectivity index (χ2v) is 6.24. The summed E-state index contributed by atoms with van der Waals surface area (Å²) in [6.07, 6.45) is 2.19. The zero-order valence-corrected chi connectivity index (χ0v) is 15.1. The van der Waals surface area contributed by atoms with Gasteiger partial charge >= 0.3 is 0 Å². The molecule has 6 nitrogen and oxygen atoms in total. The van der Waals surface area contributed by atoms with E-state index in [1.807, 2.05) is 44.1 Å². The first-order chi connectivity index (χ1) is 11.4. The molecule has 24 heavy (non-hydrogen) atoms. The highest BCUT2D eigenvalue weighted by molar-refractivity contribution is 5.98.